The van der Waals surface area contributed by atoms with E-state index in [0.717, 1.165) is 28.3 Å². The summed E-state index contributed by atoms with van der Waals surface area (Å²) in [6.07, 6.45) is 5.52. The van der Waals surface area contributed by atoms with Gasteiger partial charge >= 0.3 is 0 Å². The highest BCUT2D eigenvalue weighted by atomic mass is 15.1. The third-order valence-electron chi connectivity index (χ3n) is 6.45. The van der Waals surface area contributed by atoms with Gasteiger partial charge < -0.3 is 4.90 Å². The Morgan fingerprint density at radius 2 is 0.838 bits per heavy atom. The van der Waals surface area contributed by atoms with E-state index in [4.69, 9.17) is 4.98 Å². The van der Waals surface area contributed by atoms with E-state index in [-0.39, 0.29) is 0 Å². The van der Waals surface area contributed by atoms with Gasteiger partial charge in [-0.2, -0.15) is 0 Å². The summed E-state index contributed by atoms with van der Waals surface area (Å²) in [5.41, 5.74) is 9.91. The van der Waals surface area contributed by atoms with Crippen molar-refractivity contribution in [3.8, 4) is 33.5 Å². The molecule has 0 aliphatic rings. The molecule has 3 heteroatoms. The Balaban J connectivity index is 1.38. The Labute approximate surface area is 217 Å². The second-order valence-electron chi connectivity index (χ2n) is 8.80. The quantitative estimate of drug-likeness (QED) is 0.241. The van der Waals surface area contributed by atoms with Crippen LogP contribution in [0.15, 0.2) is 152 Å². The van der Waals surface area contributed by atoms with Crippen LogP contribution < -0.4 is 4.90 Å². The highest BCUT2D eigenvalue weighted by Crippen LogP contribution is 2.36. The Morgan fingerprint density at radius 3 is 1.30 bits per heavy atom. The van der Waals surface area contributed by atoms with Crippen molar-refractivity contribution in [3.63, 3.8) is 0 Å². The van der Waals surface area contributed by atoms with Crippen LogP contribution in [0.3, 0.4) is 0 Å². The average molecular weight is 476 g/mol. The molecular weight excluding hydrogens is 450 g/mol. The summed E-state index contributed by atoms with van der Waals surface area (Å²) < 4.78 is 0. The second kappa shape index (κ2) is 10.3. The molecule has 6 aromatic rings. The van der Waals surface area contributed by atoms with Crippen LogP contribution in [0.4, 0.5) is 17.1 Å². The van der Waals surface area contributed by atoms with Gasteiger partial charge in [0.15, 0.2) is 0 Å². The van der Waals surface area contributed by atoms with Crippen molar-refractivity contribution >= 4 is 17.1 Å². The number of benzene rings is 4. The fraction of sp³-hybridized carbons (Fsp3) is 0. The smallest absolute Gasteiger partial charge is 0.0704 e. The largest absolute Gasteiger partial charge is 0.309 e. The molecule has 4 aromatic carbocycles. The highest BCUT2D eigenvalue weighted by Gasteiger charge is 2.14. The molecular formula is C34H25N3. The first kappa shape index (κ1) is 22.4. The van der Waals surface area contributed by atoms with E-state index in [0.29, 0.717) is 0 Å². The van der Waals surface area contributed by atoms with Crippen molar-refractivity contribution in [1.82, 2.24) is 9.97 Å². The molecule has 0 spiro atoms. The molecule has 0 aliphatic heterocycles. The Hall–Kier alpha value is -5.02. The molecule has 0 bridgehead atoms. The molecule has 2 heterocycles. The maximum atomic E-state index is 4.78. The summed E-state index contributed by atoms with van der Waals surface area (Å²) in [5.74, 6) is 0. The van der Waals surface area contributed by atoms with Crippen LogP contribution in [-0.2, 0) is 0 Å². The van der Waals surface area contributed by atoms with Crippen molar-refractivity contribution in [2.75, 3.05) is 4.90 Å². The van der Waals surface area contributed by atoms with Crippen LogP contribution >= 0.6 is 0 Å². The molecule has 0 fully saturated rings. The van der Waals surface area contributed by atoms with Crippen LogP contribution in [-0.4, -0.2) is 9.97 Å². The van der Waals surface area contributed by atoms with Gasteiger partial charge in [0.2, 0.25) is 0 Å². The molecule has 0 radical (unpaired) electrons. The minimum atomic E-state index is 0.921. The van der Waals surface area contributed by atoms with Gasteiger partial charge in [-0.05, 0) is 70.8 Å². The molecule has 3 nitrogen and oxygen atoms in total. The van der Waals surface area contributed by atoms with E-state index in [1.165, 1.54) is 22.3 Å². The first-order valence-electron chi connectivity index (χ1n) is 12.3. The predicted molar refractivity (Wildman–Crippen MR) is 153 cm³/mol. The number of pyridine rings is 2. The molecule has 0 atom stereocenters. The second-order valence-corrected chi connectivity index (χ2v) is 8.80. The van der Waals surface area contributed by atoms with Gasteiger partial charge in [-0.3, -0.25) is 9.97 Å². The lowest BCUT2D eigenvalue weighted by atomic mass is 10.0. The van der Waals surface area contributed by atoms with E-state index in [1.807, 2.05) is 30.5 Å². The normalized spacial score (nSPS) is 10.7. The maximum absolute atomic E-state index is 4.78. The van der Waals surface area contributed by atoms with Gasteiger partial charge in [0.05, 0.1) is 17.6 Å². The Morgan fingerprint density at radius 1 is 0.378 bits per heavy atom. The van der Waals surface area contributed by atoms with Crippen molar-refractivity contribution in [2.24, 2.45) is 0 Å². The zero-order chi connectivity index (χ0) is 24.9. The lowest BCUT2D eigenvalue weighted by Gasteiger charge is -2.26. The summed E-state index contributed by atoms with van der Waals surface area (Å²) in [7, 11) is 0. The minimum absolute atomic E-state index is 0.921. The fourth-order valence-corrected chi connectivity index (χ4v) is 4.53. The summed E-state index contributed by atoms with van der Waals surface area (Å²) >= 11 is 0. The van der Waals surface area contributed by atoms with Gasteiger partial charge in [0.1, 0.15) is 0 Å². The summed E-state index contributed by atoms with van der Waals surface area (Å²) in [5, 5.41) is 0. The SMILES string of the molecule is c1ccc(-c2ccc(N(c3ccc(-c4ccccc4)cc3)c3ccc(-c4ccncc4)nc3)cc2)cc1. The van der Waals surface area contributed by atoms with Crippen LogP contribution in [0.25, 0.3) is 33.5 Å². The van der Waals surface area contributed by atoms with Crippen molar-refractivity contribution < 1.29 is 0 Å². The Bertz CT molecular complexity index is 1360. The highest BCUT2D eigenvalue weighted by molar-refractivity contribution is 5.80. The molecule has 2 aromatic heterocycles. The standard InChI is InChI=1S/C34H25N3/c1-3-7-26(8-4-1)28-11-15-31(16-12-28)37(32-17-13-29(14-18-32)27-9-5-2-6-10-27)33-19-20-34(36-25-33)30-21-23-35-24-22-30/h1-25H. The van der Waals surface area contributed by atoms with Crippen LogP contribution in [0.2, 0.25) is 0 Å². The average Bonchev–Trinajstić information content (AvgIpc) is 3.00. The van der Waals surface area contributed by atoms with Crippen LogP contribution in [0.5, 0.6) is 0 Å². The third kappa shape index (κ3) is 4.89. The van der Waals surface area contributed by atoms with Crippen molar-refractivity contribution in [2.45, 2.75) is 0 Å². The molecule has 0 saturated carbocycles. The molecule has 37 heavy (non-hydrogen) atoms. The van der Waals surface area contributed by atoms with Crippen molar-refractivity contribution in [1.29, 1.82) is 0 Å². The van der Waals surface area contributed by atoms with E-state index in [9.17, 15) is 0 Å². The van der Waals surface area contributed by atoms with E-state index in [2.05, 4.69) is 119 Å². The zero-order valence-electron chi connectivity index (χ0n) is 20.3. The predicted octanol–water partition coefficient (Wildman–Crippen LogP) is 8.95. The van der Waals surface area contributed by atoms with Crippen LogP contribution in [0.1, 0.15) is 0 Å². The molecule has 6 rings (SSSR count). The van der Waals surface area contributed by atoms with Gasteiger partial charge in [0, 0.05) is 29.3 Å². The van der Waals surface area contributed by atoms with Gasteiger partial charge in [-0.1, -0.05) is 84.9 Å². The number of hydrogen-bond acceptors (Lipinski definition) is 3. The van der Waals surface area contributed by atoms with Gasteiger partial charge in [-0.25, -0.2) is 0 Å². The van der Waals surface area contributed by atoms with E-state index in [1.54, 1.807) is 12.4 Å². The number of aromatic nitrogens is 2. The topological polar surface area (TPSA) is 29.0 Å². The molecule has 0 aliphatic carbocycles. The number of nitrogens with zero attached hydrogens (tertiary/aromatic N) is 3. The molecule has 0 N–H and O–H groups in total. The Kier molecular flexibility index (Phi) is 6.25. The molecule has 0 unspecified atom stereocenters. The van der Waals surface area contributed by atoms with Gasteiger partial charge in [-0.15, -0.1) is 0 Å². The number of hydrogen-bond donors (Lipinski definition) is 0. The minimum Gasteiger partial charge on any atom is -0.309 e. The number of anilines is 3. The van der Waals surface area contributed by atoms with Crippen LogP contribution in [0, 0.1) is 0 Å². The number of rotatable bonds is 6. The zero-order valence-corrected chi connectivity index (χ0v) is 20.3. The fourth-order valence-electron chi connectivity index (χ4n) is 4.53. The van der Waals surface area contributed by atoms with E-state index < -0.39 is 0 Å². The monoisotopic (exact) mass is 475 g/mol. The maximum Gasteiger partial charge on any atom is 0.0704 e. The summed E-state index contributed by atoms with van der Waals surface area (Å²) in [4.78, 5) is 11.1. The molecule has 0 amide bonds. The first-order chi connectivity index (χ1) is 18.3. The lowest BCUT2D eigenvalue weighted by Crippen LogP contribution is -2.10. The van der Waals surface area contributed by atoms with Gasteiger partial charge in [0.25, 0.3) is 0 Å². The van der Waals surface area contributed by atoms with Crippen molar-refractivity contribution in [3.05, 3.63) is 152 Å². The summed E-state index contributed by atoms with van der Waals surface area (Å²) in [6.45, 7) is 0. The third-order valence-corrected chi connectivity index (χ3v) is 6.45. The van der Waals surface area contributed by atoms with E-state index >= 15 is 0 Å². The summed E-state index contributed by atoms with van der Waals surface area (Å²) in [6, 6.07) is 46.4. The first-order valence-corrected chi connectivity index (χ1v) is 12.3. The molecule has 176 valence electrons. The molecule has 0 saturated heterocycles. The lowest BCUT2D eigenvalue weighted by molar-refractivity contribution is 1.23.